The van der Waals surface area contributed by atoms with Gasteiger partial charge < -0.3 is 10.2 Å². The van der Waals surface area contributed by atoms with E-state index in [0.717, 1.165) is 75.9 Å². The molecule has 1 heterocycles. The van der Waals surface area contributed by atoms with E-state index in [9.17, 15) is 10.2 Å². The molecular weight excluding hydrogens is 614 g/mol. The molecule has 0 aliphatic heterocycles. The zero-order chi connectivity index (χ0) is 33.8. The summed E-state index contributed by atoms with van der Waals surface area (Å²) in [7, 11) is 4.20. The highest BCUT2D eigenvalue weighted by Gasteiger charge is 2.21. The van der Waals surface area contributed by atoms with Crippen LogP contribution in [0.3, 0.4) is 0 Å². The van der Waals surface area contributed by atoms with Gasteiger partial charge in [0.1, 0.15) is 27.2 Å². The lowest BCUT2D eigenvalue weighted by Gasteiger charge is -2.19. The van der Waals surface area contributed by atoms with Crippen LogP contribution in [0.25, 0.3) is 80.7 Å². The van der Waals surface area contributed by atoms with Crippen LogP contribution in [0.2, 0.25) is 0 Å². The summed E-state index contributed by atoms with van der Waals surface area (Å²) in [5.74, 6) is 0.623. The molecule has 8 aromatic rings. The van der Waals surface area contributed by atoms with Crippen molar-refractivity contribution in [2.24, 2.45) is 0 Å². The number of fused-ring (bicyclic) bond motifs is 5. The molecule has 0 saturated heterocycles. The van der Waals surface area contributed by atoms with Crippen LogP contribution in [0.4, 0.5) is 0 Å². The average molecular weight is 648 g/mol. The predicted octanol–water partition coefficient (Wildman–Crippen LogP) is 9.27. The Morgan fingerprint density at radius 3 is 1.96 bits per heavy atom. The minimum atomic E-state index is 0.273. The summed E-state index contributed by atoms with van der Waals surface area (Å²) in [6.07, 6.45) is 6.24. The minimum absolute atomic E-state index is 0.273. The first kappa shape index (κ1) is 30.8. The van der Waals surface area contributed by atoms with Gasteiger partial charge in [-0.1, -0.05) is 127 Å². The molecule has 0 atom stereocenters. The molecule has 0 bridgehead atoms. The van der Waals surface area contributed by atoms with E-state index < -0.39 is 0 Å². The Hall–Kier alpha value is -5.51. The lowest BCUT2D eigenvalue weighted by Crippen LogP contribution is -2.20. The van der Waals surface area contributed by atoms with Crippen LogP contribution in [0.5, 0.6) is 11.5 Å². The molecule has 1 aromatic heterocycles. The van der Waals surface area contributed by atoms with Crippen molar-refractivity contribution < 1.29 is 10.2 Å². The Kier molecular flexibility index (Phi) is 7.66. The third-order valence-electron chi connectivity index (χ3n) is 9.92. The number of phenols is 2. The Bertz CT molecular complexity index is 2650. The van der Waals surface area contributed by atoms with Gasteiger partial charge in [0.15, 0.2) is 0 Å². The molecule has 0 fully saturated rings. The molecule has 8 rings (SSSR count). The summed E-state index contributed by atoms with van der Waals surface area (Å²) in [5.41, 5.74) is 10.9. The molecule has 49 heavy (non-hydrogen) atoms. The molecule has 2 nitrogen and oxygen atoms in total. The van der Waals surface area contributed by atoms with Crippen molar-refractivity contribution in [3.8, 4) is 44.9 Å². The summed E-state index contributed by atoms with van der Waals surface area (Å²) < 4.78 is 2.29. The fourth-order valence-corrected chi connectivity index (χ4v) is 8.79. The molecule has 5 heteroatoms. The number of phenolic OH excluding ortho intramolecular Hbond substituents is 2. The van der Waals surface area contributed by atoms with E-state index in [-0.39, 0.29) is 5.75 Å². The van der Waals surface area contributed by atoms with Crippen molar-refractivity contribution in [3.63, 3.8) is 0 Å². The highest BCUT2D eigenvalue weighted by molar-refractivity contribution is 7.27. The first-order valence-electron chi connectivity index (χ1n) is 16.7. The maximum atomic E-state index is 11.7. The smallest absolute Gasteiger partial charge is 0.145 e. The third-order valence-corrected chi connectivity index (χ3v) is 11.2. The largest absolute Gasteiger partial charge is 0.508 e. The van der Waals surface area contributed by atoms with E-state index in [1.807, 2.05) is 45.1 Å². The van der Waals surface area contributed by atoms with Gasteiger partial charge >= 0.3 is 0 Å². The third kappa shape index (κ3) is 4.96. The van der Waals surface area contributed by atoms with Gasteiger partial charge in [0, 0.05) is 31.1 Å². The first-order valence-corrected chi connectivity index (χ1v) is 17.5. The Morgan fingerprint density at radius 2 is 1.24 bits per heavy atom. The van der Waals surface area contributed by atoms with Crippen molar-refractivity contribution in [1.29, 1.82) is 0 Å². The van der Waals surface area contributed by atoms with Crippen LogP contribution in [0, 0.1) is 0 Å². The molecule has 0 radical (unpaired) electrons. The van der Waals surface area contributed by atoms with Crippen molar-refractivity contribution in [1.82, 2.24) is 0 Å². The van der Waals surface area contributed by atoms with Gasteiger partial charge in [0.2, 0.25) is 0 Å². The molecule has 0 unspecified atom stereocenters. The number of hydrogen-bond acceptors (Lipinski definition) is 3. The molecule has 7 aromatic carbocycles. The van der Waals surface area contributed by atoms with Crippen molar-refractivity contribution in [3.05, 3.63) is 139 Å². The number of hydrogen-bond donors (Lipinski definition) is 2. The van der Waals surface area contributed by atoms with E-state index in [4.69, 9.17) is 0 Å². The SMILES string of the molecule is Bc1c(-c2ccc(-c3c4ccccc4c(-c4ccccc4)c4c(O)cccc34)cc2)c(B)c2sc3cc(/C(C)=C/C=C\C)ccc3c2c1O. The first-order chi connectivity index (χ1) is 23.9. The van der Waals surface area contributed by atoms with Gasteiger partial charge in [0.05, 0.1) is 0 Å². The maximum absolute atomic E-state index is 11.7. The number of thiophene rings is 1. The Labute approximate surface area is 292 Å². The maximum Gasteiger partial charge on any atom is 0.145 e. The molecule has 0 aliphatic carbocycles. The molecule has 0 spiro atoms. The van der Waals surface area contributed by atoms with Crippen molar-refractivity contribution in [2.45, 2.75) is 13.8 Å². The van der Waals surface area contributed by atoms with Crippen LogP contribution >= 0.6 is 11.3 Å². The summed E-state index contributed by atoms with van der Waals surface area (Å²) in [6, 6.07) is 39.9. The second kappa shape index (κ2) is 12.2. The van der Waals surface area contributed by atoms with Gasteiger partial charge in [-0.3, -0.25) is 0 Å². The van der Waals surface area contributed by atoms with Crippen LogP contribution in [0.1, 0.15) is 19.4 Å². The van der Waals surface area contributed by atoms with E-state index in [0.29, 0.717) is 5.75 Å². The quantitative estimate of drug-likeness (QED) is 0.111. The van der Waals surface area contributed by atoms with Gasteiger partial charge in [-0.2, -0.15) is 0 Å². The predicted molar refractivity (Wildman–Crippen MR) is 219 cm³/mol. The summed E-state index contributed by atoms with van der Waals surface area (Å²) >= 11 is 1.75. The summed E-state index contributed by atoms with van der Waals surface area (Å²) in [5, 5.41) is 29.1. The number of rotatable bonds is 5. The topological polar surface area (TPSA) is 40.5 Å². The lowest BCUT2D eigenvalue weighted by atomic mass is 9.76. The van der Waals surface area contributed by atoms with Crippen molar-refractivity contribution >= 4 is 85.2 Å². The van der Waals surface area contributed by atoms with Gasteiger partial charge in [-0.25, -0.2) is 0 Å². The lowest BCUT2D eigenvalue weighted by molar-refractivity contribution is 0.482. The highest BCUT2D eigenvalue weighted by Crippen LogP contribution is 2.47. The molecule has 0 saturated carbocycles. The van der Waals surface area contributed by atoms with Gasteiger partial charge in [-0.15, -0.1) is 11.3 Å². The Balaban J connectivity index is 1.30. The second-order valence-electron chi connectivity index (χ2n) is 12.8. The normalized spacial score (nSPS) is 12.2. The summed E-state index contributed by atoms with van der Waals surface area (Å²) in [4.78, 5) is 0. The molecule has 234 valence electrons. The fraction of sp³-hybridized carbons (Fsp3) is 0.0455. The van der Waals surface area contributed by atoms with Crippen LogP contribution in [0.15, 0.2) is 133 Å². The second-order valence-corrected chi connectivity index (χ2v) is 13.9. The zero-order valence-corrected chi connectivity index (χ0v) is 28.8. The van der Waals surface area contributed by atoms with E-state index in [2.05, 4.69) is 112 Å². The monoisotopic (exact) mass is 648 g/mol. The van der Waals surface area contributed by atoms with Gasteiger partial charge in [0.25, 0.3) is 0 Å². The minimum Gasteiger partial charge on any atom is -0.508 e. The molecule has 0 amide bonds. The zero-order valence-electron chi connectivity index (χ0n) is 28.0. The van der Waals surface area contributed by atoms with E-state index in [1.54, 1.807) is 17.4 Å². The standard InChI is InChI=1S/C44H34B2O2S/c1-3-4-11-25(2)29-22-23-32-35(24-29)49-44-40(32)43(48)41(45)38(42(44)46)28-20-18-27(19-21-28)36-30-14-8-9-15-31(30)37(26-12-6-5-7-13-26)39-33(36)16-10-17-34(39)47/h3-24,47-48H,45-46H2,1-2H3/b4-3-,25-11+. The number of benzene rings is 7. The average Bonchev–Trinajstić information content (AvgIpc) is 3.52. The number of aromatic hydroxyl groups is 2. The Morgan fingerprint density at radius 1 is 0.612 bits per heavy atom. The molecule has 0 aliphatic rings. The van der Waals surface area contributed by atoms with E-state index in [1.165, 1.54) is 21.3 Å². The summed E-state index contributed by atoms with van der Waals surface area (Å²) in [6.45, 7) is 4.16. The van der Waals surface area contributed by atoms with Crippen molar-refractivity contribution in [2.75, 3.05) is 0 Å². The van der Waals surface area contributed by atoms with Gasteiger partial charge in [-0.05, 0) is 86.6 Å². The van der Waals surface area contributed by atoms with Crippen LogP contribution < -0.4 is 10.9 Å². The highest BCUT2D eigenvalue weighted by atomic mass is 32.1. The number of allylic oxidation sites excluding steroid dienone is 4. The fourth-order valence-electron chi connectivity index (χ4n) is 7.54. The van der Waals surface area contributed by atoms with Crippen LogP contribution in [-0.2, 0) is 0 Å². The molecular formula is C44H34B2O2S. The molecule has 2 N–H and O–H groups in total. The van der Waals surface area contributed by atoms with E-state index >= 15 is 0 Å². The van der Waals surface area contributed by atoms with Crippen LogP contribution in [-0.4, -0.2) is 25.9 Å².